The standard InChI is InChI=1S/C11H13FN2O/c1-8(15-2)7-14-11-5-3-4-10(12)9(11)6-13/h3-5,8,14H,7H2,1-2H3. The largest absolute Gasteiger partial charge is 0.381 e. The van der Waals surface area contributed by atoms with Crippen molar-refractivity contribution in [3.63, 3.8) is 0 Å². The summed E-state index contributed by atoms with van der Waals surface area (Å²) in [5.74, 6) is -0.507. The molecule has 1 atom stereocenters. The minimum absolute atomic E-state index is 0.0137. The molecule has 0 aliphatic rings. The maximum atomic E-state index is 13.2. The number of hydrogen-bond acceptors (Lipinski definition) is 3. The van der Waals surface area contributed by atoms with E-state index in [9.17, 15) is 4.39 Å². The Balaban J connectivity index is 2.77. The number of rotatable bonds is 4. The van der Waals surface area contributed by atoms with Crippen molar-refractivity contribution in [2.75, 3.05) is 19.0 Å². The predicted octanol–water partition coefficient (Wildman–Crippen LogP) is 2.14. The maximum Gasteiger partial charge on any atom is 0.143 e. The summed E-state index contributed by atoms with van der Waals surface area (Å²) in [4.78, 5) is 0. The molecule has 1 aromatic rings. The lowest BCUT2D eigenvalue weighted by Gasteiger charge is -2.12. The number of hydrogen-bond donors (Lipinski definition) is 1. The van der Waals surface area contributed by atoms with Gasteiger partial charge in [-0.2, -0.15) is 5.26 Å². The van der Waals surface area contributed by atoms with E-state index in [1.54, 1.807) is 19.2 Å². The van der Waals surface area contributed by atoms with E-state index in [0.717, 1.165) is 0 Å². The van der Waals surface area contributed by atoms with Gasteiger partial charge in [-0.3, -0.25) is 0 Å². The molecule has 4 heteroatoms. The number of nitriles is 1. The van der Waals surface area contributed by atoms with Crippen LogP contribution in [0.1, 0.15) is 12.5 Å². The molecule has 15 heavy (non-hydrogen) atoms. The van der Waals surface area contributed by atoms with E-state index in [1.165, 1.54) is 6.07 Å². The quantitative estimate of drug-likeness (QED) is 0.824. The number of ether oxygens (including phenoxy) is 1. The van der Waals surface area contributed by atoms with Crippen molar-refractivity contribution in [1.82, 2.24) is 0 Å². The number of halogens is 1. The molecule has 0 amide bonds. The van der Waals surface area contributed by atoms with Crippen LogP contribution >= 0.6 is 0 Å². The van der Waals surface area contributed by atoms with Gasteiger partial charge in [0.1, 0.15) is 17.4 Å². The Morgan fingerprint density at radius 2 is 2.33 bits per heavy atom. The zero-order valence-corrected chi connectivity index (χ0v) is 8.75. The SMILES string of the molecule is COC(C)CNc1cccc(F)c1C#N. The van der Waals surface area contributed by atoms with Gasteiger partial charge in [0, 0.05) is 13.7 Å². The molecule has 80 valence electrons. The van der Waals surface area contributed by atoms with E-state index in [-0.39, 0.29) is 11.7 Å². The average Bonchev–Trinajstić information content (AvgIpc) is 2.25. The smallest absolute Gasteiger partial charge is 0.143 e. The lowest BCUT2D eigenvalue weighted by atomic mass is 10.2. The van der Waals surface area contributed by atoms with E-state index >= 15 is 0 Å². The van der Waals surface area contributed by atoms with Gasteiger partial charge in [0.05, 0.1) is 11.8 Å². The van der Waals surface area contributed by atoms with Gasteiger partial charge in [0.15, 0.2) is 0 Å². The van der Waals surface area contributed by atoms with Crippen molar-refractivity contribution in [3.8, 4) is 6.07 Å². The Labute approximate surface area is 88.5 Å². The molecule has 3 nitrogen and oxygen atoms in total. The van der Waals surface area contributed by atoms with Gasteiger partial charge in [-0.15, -0.1) is 0 Å². The third-order valence-electron chi connectivity index (χ3n) is 2.11. The number of methoxy groups -OCH3 is 1. The molecular weight excluding hydrogens is 195 g/mol. The summed E-state index contributed by atoms with van der Waals surface area (Å²) < 4.78 is 18.2. The second-order valence-corrected chi connectivity index (χ2v) is 3.20. The van der Waals surface area contributed by atoms with E-state index < -0.39 is 5.82 Å². The van der Waals surface area contributed by atoms with Crippen LogP contribution in [0.3, 0.4) is 0 Å². The van der Waals surface area contributed by atoms with E-state index in [1.807, 2.05) is 13.0 Å². The van der Waals surface area contributed by atoms with E-state index in [0.29, 0.717) is 12.2 Å². The topological polar surface area (TPSA) is 45.0 Å². The second-order valence-electron chi connectivity index (χ2n) is 3.20. The van der Waals surface area contributed by atoms with Crippen LogP contribution in [-0.4, -0.2) is 19.8 Å². The summed E-state index contributed by atoms with van der Waals surface area (Å²) in [5.41, 5.74) is 0.544. The summed E-state index contributed by atoms with van der Waals surface area (Å²) >= 11 is 0. The Kier molecular flexibility index (Phi) is 4.07. The highest BCUT2D eigenvalue weighted by Crippen LogP contribution is 2.17. The highest BCUT2D eigenvalue weighted by atomic mass is 19.1. The summed E-state index contributed by atoms with van der Waals surface area (Å²) in [6, 6.07) is 6.33. The van der Waals surface area contributed by atoms with Gasteiger partial charge in [-0.05, 0) is 19.1 Å². The summed E-state index contributed by atoms with van der Waals surface area (Å²) in [5, 5.41) is 11.7. The molecule has 1 aromatic carbocycles. The molecular formula is C11H13FN2O. The Morgan fingerprint density at radius 1 is 1.60 bits per heavy atom. The third kappa shape index (κ3) is 2.93. The van der Waals surface area contributed by atoms with Gasteiger partial charge in [0.2, 0.25) is 0 Å². The minimum atomic E-state index is -0.507. The molecule has 0 saturated heterocycles. The van der Waals surface area contributed by atoms with Crippen LogP contribution in [0.25, 0.3) is 0 Å². The molecule has 0 spiro atoms. The van der Waals surface area contributed by atoms with Crippen LogP contribution in [0.15, 0.2) is 18.2 Å². The normalized spacial score (nSPS) is 11.9. The van der Waals surface area contributed by atoms with Gasteiger partial charge in [-0.1, -0.05) is 6.07 Å². The first-order valence-corrected chi connectivity index (χ1v) is 4.64. The molecule has 0 heterocycles. The van der Waals surface area contributed by atoms with Crippen molar-refractivity contribution in [1.29, 1.82) is 5.26 Å². The molecule has 1 rings (SSSR count). The highest BCUT2D eigenvalue weighted by molar-refractivity contribution is 5.57. The summed E-state index contributed by atoms with van der Waals surface area (Å²) in [6.07, 6.45) is 0.0137. The van der Waals surface area contributed by atoms with Crippen molar-refractivity contribution in [2.24, 2.45) is 0 Å². The van der Waals surface area contributed by atoms with Crippen LogP contribution in [0.5, 0.6) is 0 Å². The van der Waals surface area contributed by atoms with Crippen molar-refractivity contribution >= 4 is 5.69 Å². The molecule has 1 N–H and O–H groups in total. The number of anilines is 1. The fourth-order valence-corrected chi connectivity index (χ4v) is 1.12. The molecule has 0 bridgehead atoms. The zero-order valence-electron chi connectivity index (χ0n) is 8.75. The molecule has 0 aliphatic heterocycles. The first kappa shape index (κ1) is 11.5. The Morgan fingerprint density at radius 3 is 2.93 bits per heavy atom. The third-order valence-corrected chi connectivity index (χ3v) is 2.11. The van der Waals surface area contributed by atoms with Gasteiger partial charge < -0.3 is 10.1 Å². The van der Waals surface area contributed by atoms with Gasteiger partial charge in [-0.25, -0.2) is 4.39 Å². The predicted molar refractivity (Wildman–Crippen MR) is 56.1 cm³/mol. The lowest BCUT2D eigenvalue weighted by molar-refractivity contribution is 0.129. The number of benzene rings is 1. The fraction of sp³-hybridized carbons (Fsp3) is 0.364. The van der Waals surface area contributed by atoms with Crippen LogP contribution < -0.4 is 5.32 Å². The van der Waals surface area contributed by atoms with E-state index in [4.69, 9.17) is 10.00 Å². The minimum Gasteiger partial charge on any atom is -0.381 e. The van der Waals surface area contributed by atoms with Crippen LogP contribution in [0.4, 0.5) is 10.1 Å². The monoisotopic (exact) mass is 208 g/mol. The lowest BCUT2D eigenvalue weighted by Crippen LogP contribution is -2.18. The first-order chi connectivity index (χ1) is 7.19. The molecule has 0 saturated carbocycles. The molecule has 0 aliphatic carbocycles. The van der Waals surface area contributed by atoms with Gasteiger partial charge >= 0.3 is 0 Å². The molecule has 0 aromatic heterocycles. The van der Waals surface area contributed by atoms with Gasteiger partial charge in [0.25, 0.3) is 0 Å². The van der Waals surface area contributed by atoms with Crippen molar-refractivity contribution in [3.05, 3.63) is 29.6 Å². The van der Waals surface area contributed by atoms with Crippen LogP contribution in [0, 0.1) is 17.1 Å². The van der Waals surface area contributed by atoms with Crippen LogP contribution in [0.2, 0.25) is 0 Å². The number of nitrogens with one attached hydrogen (secondary N) is 1. The highest BCUT2D eigenvalue weighted by Gasteiger charge is 2.07. The molecule has 0 fully saturated rings. The second kappa shape index (κ2) is 5.32. The first-order valence-electron chi connectivity index (χ1n) is 4.64. The maximum absolute atomic E-state index is 13.2. The average molecular weight is 208 g/mol. The zero-order chi connectivity index (χ0) is 11.3. The summed E-state index contributed by atoms with van der Waals surface area (Å²) in [6.45, 7) is 2.42. The van der Waals surface area contributed by atoms with Crippen molar-refractivity contribution < 1.29 is 9.13 Å². The summed E-state index contributed by atoms with van der Waals surface area (Å²) in [7, 11) is 1.60. The van der Waals surface area contributed by atoms with E-state index in [2.05, 4.69) is 5.32 Å². The number of nitrogens with zero attached hydrogens (tertiary/aromatic N) is 1. The fourth-order valence-electron chi connectivity index (χ4n) is 1.12. The Bertz CT molecular complexity index is 373. The van der Waals surface area contributed by atoms with Crippen LogP contribution in [-0.2, 0) is 4.74 Å². The Hall–Kier alpha value is -1.60. The molecule has 1 unspecified atom stereocenters. The molecule has 0 radical (unpaired) electrons. The van der Waals surface area contributed by atoms with Crippen molar-refractivity contribution in [2.45, 2.75) is 13.0 Å².